The fraction of sp³-hybridized carbons (Fsp3) is 0.333. The molecule has 1 saturated heterocycles. The van der Waals surface area contributed by atoms with Crippen molar-refractivity contribution in [2.75, 3.05) is 32.8 Å². The lowest BCUT2D eigenvalue weighted by atomic mass is 10.2. The summed E-state index contributed by atoms with van der Waals surface area (Å²) in [6, 6.07) is 11.5. The van der Waals surface area contributed by atoms with Crippen LogP contribution in [0.2, 0.25) is 0 Å². The first-order chi connectivity index (χ1) is 15.8. The van der Waals surface area contributed by atoms with Gasteiger partial charge < -0.3 is 20.1 Å². The van der Waals surface area contributed by atoms with Gasteiger partial charge in [-0.2, -0.15) is 13.1 Å². The van der Waals surface area contributed by atoms with Gasteiger partial charge in [-0.05, 0) is 29.8 Å². The van der Waals surface area contributed by atoms with Crippen molar-refractivity contribution in [3.8, 4) is 5.75 Å². The third-order valence-electron chi connectivity index (χ3n) is 4.77. The number of benzene rings is 2. The van der Waals surface area contributed by atoms with Crippen molar-refractivity contribution in [2.24, 2.45) is 0 Å². The average molecular weight is 483 g/mol. The maximum Gasteiger partial charge on any atom is 0.387 e. The van der Waals surface area contributed by atoms with E-state index in [1.54, 1.807) is 18.2 Å². The summed E-state index contributed by atoms with van der Waals surface area (Å²) < 4.78 is 61.4. The second kappa shape index (κ2) is 11.2. The van der Waals surface area contributed by atoms with Crippen molar-refractivity contribution < 1.29 is 36.3 Å². The Labute approximate surface area is 189 Å². The molecule has 178 valence electrons. The van der Waals surface area contributed by atoms with Gasteiger partial charge >= 0.3 is 6.61 Å². The third kappa shape index (κ3) is 6.70. The second-order valence-electron chi connectivity index (χ2n) is 6.99. The van der Waals surface area contributed by atoms with Crippen molar-refractivity contribution >= 4 is 21.8 Å². The first kappa shape index (κ1) is 24.6. The molecule has 0 radical (unpaired) electrons. The molecule has 0 spiro atoms. The molecule has 12 heteroatoms. The van der Waals surface area contributed by atoms with Gasteiger partial charge in [-0.3, -0.25) is 9.59 Å². The van der Waals surface area contributed by atoms with Gasteiger partial charge in [0.25, 0.3) is 5.91 Å². The van der Waals surface area contributed by atoms with Gasteiger partial charge in [0.2, 0.25) is 15.9 Å². The number of nitrogens with one attached hydrogen (secondary N) is 2. The van der Waals surface area contributed by atoms with Crippen LogP contribution in [0.5, 0.6) is 5.75 Å². The van der Waals surface area contributed by atoms with E-state index in [0.29, 0.717) is 18.8 Å². The fourth-order valence-electron chi connectivity index (χ4n) is 3.16. The zero-order chi connectivity index (χ0) is 23.8. The minimum absolute atomic E-state index is 0.0444. The van der Waals surface area contributed by atoms with Gasteiger partial charge in [0.05, 0.1) is 24.7 Å². The number of morpholine rings is 1. The average Bonchev–Trinajstić information content (AvgIpc) is 2.81. The van der Waals surface area contributed by atoms with Crippen LogP contribution in [-0.4, -0.2) is 64.0 Å². The quantitative estimate of drug-likeness (QED) is 0.557. The van der Waals surface area contributed by atoms with Gasteiger partial charge in [0.1, 0.15) is 5.75 Å². The van der Waals surface area contributed by atoms with Crippen molar-refractivity contribution in [2.45, 2.75) is 18.1 Å². The normalized spacial score (nSPS) is 14.6. The van der Waals surface area contributed by atoms with E-state index in [4.69, 9.17) is 4.74 Å². The summed E-state index contributed by atoms with van der Waals surface area (Å²) in [4.78, 5) is 24.5. The van der Waals surface area contributed by atoms with Crippen LogP contribution in [0.3, 0.4) is 0 Å². The van der Waals surface area contributed by atoms with Crippen LogP contribution in [0.1, 0.15) is 15.9 Å². The Hall–Kier alpha value is -3.09. The van der Waals surface area contributed by atoms with E-state index in [1.165, 1.54) is 28.6 Å². The van der Waals surface area contributed by atoms with Gasteiger partial charge in [0.15, 0.2) is 0 Å². The lowest BCUT2D eigenvalue weighted by Crippen LogP contribution is -2.41. The van der Waals surface area contributed by atoms with Crippen molar-refractivity contribution in [1.82, 2.24) is 14.9 Å². The van der Waals surface area contributed by atoms with Crippen LogP contribution in [-0.2, 0) is 26.1 Å². The molecule has 1 aliphatic heterocycles. The molecule has 1 aliphatic rings. The molecular weight excluding hydrogens is 460 g/mol. The Morgan fingerprint density at radius 1 is 1.06 bits per heavy atom. The maximum atomic E-state index is 13.0. The summed E-state index contributed by atoms with van der Waals surface area (Å²) in [6.45, 7) is -2.35. The van der Waals surface area contributed by atoms with E-state index in [1.807, 2.05) is 0 Å². The molecule has 0 bridgehead atoms. The zero-order valence-electron chi connectivity index (χ0n) is 17.5. The second-order valence-corrected chi connectivity index (χ2v) is 8.90. The number of halogens is 2. The van der Waals surface area contributed by atoms with Crippen LogP contribution in [0, 0.1) is 0 Å². The molecule has 1 fully saturated rings. The molecule has 2 amide bonds. The predicted octanol–water partition coefficient (Wildman–Crippen LogP) is 1.36. The zero-order valence-corrected chi connectivity index (χ0v) is 18.3. The van der Waals surface area contributed by atoms with Gasteiger partial charge in [0, 0.05) is 25.2 Å². The number of amides is 2. The SMILES string of the molecule is O=C(CNC(=O)c1cccc(OC(F)F)c1)NCc1ccccc1S(=O)(=O)N1CCOCC1. The Morgan fingerprint density at radius 3 is 2.52 bits per heavy atom. The summed E-state index contributed by atoms with van der Waals surface area (Å²) >= 11 is 0. The van der Waals surface area contributed by atoms with E-state index in [2.05, 4.69) is 15.4 Å². The van der Waals surface area contributed by atoms with Crippen LogP contribution in [0.15, 0.2) is 53.4 Å². The van der Waals surface area contributed by atoms with Crippen molar-refractivity contribution in [3.05, 3.63) is 59.7 Å². The van der Waals surface area contributed by atoms with E-state index in [9.17, 15) is 26.8 Å². The molecular formula is C21H23F2N3O6S. The summed E-state index contributed by atoms with van der Waals surface area (Å²) in [5, 5.41) is 4.95. The van der Waals surface area contributed by atoms with E-state index >= 15 is 0 Å². The molecule has 2 aromatic carbocycles. The molecule has 0 aliphatic carbocycles. The highest BCUT2D eigenvalue weighted by Gasteiger charge is 2.28. The maximum absolute atomic E-state index is 13.0. The number of rotatable bonds is 9. The number of carbonyl (C=O) groups is 2. The number of hydrogen-bond acceptors (Lipinski definition) is 6. The molecule has 9 nitrogen and oxygen atoms in total. The molecule has 2 N–H and O–H groups in total. The molecule has 0 unspecified atom stereocenters. The molecule has 0 atom stereocenters. The first-order valence-electron chi connectivity index (χ1n) is 10.0. The van der Waals surface area contributed by atoms with E-state index in [-0.39, 0.29) is 35.8 Å². The highest BCUT2D eigenvalue weighted by atomic mass is 32.2. The molecule has 3 rings (SSSR count). The number of carbonyl (C=O) groups excluding carboxylic acids is 2. The molecule has 1 heterocycles. The van der Waals surface area contributed by atoms with Crippen molar-refractivity contribution in [3.63, 3.8) is 0 Å². The predicted molar refractivity (Wildman–Crippen MR) is 113 cm³/mol. The van der Waals surface area contributed by atoms with Crippen molar-refractivity contribution in [1.29, 1.82) is 0 Å². The minimum Gasteiger partial charge on any atom is -0.435 e. The van der Waals surface area contributed by atoms with Gasteiger partial charge in [-0.15, -0.1) is 0 Å². The standard InChI is InChI=1S/C21H23F2N3O6S/c22-21(23)32-17-6-3-5-15(12-17)20(28)25-14-19(27)24-13-16-4-1-2-7-18(16)33(29,30)26-8-10-31-11-9-26/h1-7,12,21H,8-11,13-14H2,(H,24,27)(H,25,28). The summed E-state index contributed by atoms with van der Waals surface area (Å²) in [6.07, 6.45) is 0. The Balaban J connectivity index is 1.57. The lowest BCUT2D eigenvalue weighted by Gasteiger charge is -2.27. The Morgan fingerprint density at radius 2 is 1.79 bits per heavy atom. The van der Waals surface area contributed by atoms with Crippen LogP contribution >= 0.6 is 0 Å². The number of sulfonamides is 1. The van der Waals surface area contributed by atoms with Gasteiger partial charge in [-0.1, -0.05) is 24.3 Å². The molecule has 33 heavy (non-hydrogen) atoms. The first-order valence-corrected chi connectivity index (χ1v) is 11.5. The topological polar surface area (TPSA) is 114 Å². The largest absolute Gasteiger partial charge is 0.435 e. The van der Waals surface area contributed by atoms with E-state index < -0.39 is 35.0 Å². The number of nitrogens with zero attached hydrogens (tertiary/aromatic N) is 1. The highest BCUT2D eigenvalue weighted by Crippen LogP contribution is 2.21. The van der Waals surface area contributed by atoms with Gasteiger partial charge in [-0.25, -0.2) is 8.42 Å². The molecule has 0 aromatic heterocycles. The lowest BCUT2D eigenvalue weighted by molar-refractivity contribution is -0.120. The monoisotopic (exact) mass is 483 g/mol. The fourth-order valence-corrected chi connectivity index (χ4v) is 4.79. The summed E-state index contributed by atoms with van der Waals surface area (Å²) in [5.41, 5.74) is 0.448. The van der Waals surface area contributed by atoms with Crippen LogP contribution < -0.4 is 15.4 Å². The number of alkyl halides is 2. The Bertz CT molecular complexity index is 1090. The number of hydrogen-bond donors (Lipinski definition) is 2. The highest BCUT2D eigenvalue weighted by molar-refractivity contribution is 7.89. The minimum atomic E-state index is -3.75. The Kier molecular flexibility index (Phi) is 8.31. The smallest absolute Gasteiger partial charge is 0.387 e. The molecule has 2 aromatic rings. The summed E-state index contributed by atoms with van der Waals surface area (Å²) in [5.74, 6) is -1.39. The summed E-state index contributed by atoms with van der Waals surface area (Å²) in [7, 11) is -3.75. The van der Waals surface area contributed by atoms with Crippen LogP contribution in [0.4, 0.5) is 8.78 Å². The third-order valence-corrected chi connectivity index (χ3v) is 6.77. The van der Waals surface area contributed by atoms with Crippen LogP contribution in [0.25, 0.3) is 0 Å². The molecule has 0 saturated carbocycles. The number of ether oxygens (including phenoxy) is 2. The van der Waals surface area contributed by atoms with E-state index in [0.717, 1.165) is 6.07 Å².